The molecule has 1 unspecified atom stereocenters. The zero-order valence-electron chi connectivity index (χ0n) is 11.7. The first-order chi connectivity index (χ1) is 9.50. The van der Waals surface area contributed by atoms with E-state index < -0.39 is 5.97 Å². The maximum atomic E-state index is 10.6. The first-order valence-electron chi connectivity index (χ1n) is 6.63. The SMILES string of the molecule is CC(c1ccc2ccccc2c1O)N(C)CCC(=O)O. The highest BCUT2D eigenvalue weighted by molar-refractivity contribution is 5.89. The number of hydrogen-bond donors (Lipinski definition) is 2. The Morgan fingerprint density at radius 1 is 1.25 bits per heavy atom. The molecule has 0 aliphatic rings. The van der Waals surface area contributed by atoms with Crippen LogP contribution in [0.3, 0.4) is 0 Å². The Morgan fingerprint density at radius 2 is 1.95 bits per heavy atom. The third-order valence-corrected chi connectivity index (χ3v) is 3.72. The van der Waals surface area contributed by atoms with E-state index in [4.69, 9.17) is 5.11 Å². The minimum Gasteiger partial charge on any atom is -0.507 e. The second-order valence-electron chi connectivity index (χ2n) is 5.02. The number of rotatable bonds is 5. The van der Waals surface area contributed by atoms with E-state index in [1.165, 1.54) is 0 Å². The van der Waals surface area contributed by atoms with Crippen LogP contribution in [0.1, 0.15) is 24.9 Å². The quantitative estimate of drug-likeness (QED) is 0.879. The van der Waals surface area contributed by atoms with Crippen molar-refractivity contribution in [2.75, 3.05) is 13.6 Å². The first kappa shape index (κ1) is 14.3. The lowest BCUT2D eigenvalue weighted by atomic mass is 10.00. The van der Waals surface area contributed by atoms with Gasteiger partial charge in [0.25, 0.3) is 0 Å². The van der Waals surface area contributed by atoms with Crippen molar-refractivity contribution in [3.63, 3.8) is 0 Å². The number of nitrogens with zero attached hydrogens (tertiary/aromatic N) is 1. The van der Waals surface area contributed by atoms with E-state index >= 15 is 0 Å². The van der Waals surface area contributed by atoms with Crippen LogP contribution >= 0.6 is 0 Å². The molecule has 2 aromatic carbocycles. The molecule has 2 aromatic rings. The molecule has 0 heterocycles. The van der Waals surface area contributed by atoms with Crippen LogP contribution in [-0.2, 0) is 4.79 Å². The number of phenols is 1. The molecule has 0 saturated carbocycles. The van der Waals surface area contributed by atoms with Gasteiger partial charge in [-0.1, -0.05) is 36.4 Å². The predicted octanol–water partition coefficient (Wildman–Crippen LogP) is 3.01. The highest BCUT2D eigenvalue weighted by atomic mass is 16.4. The highest BCUT2D eigenvalue weighted by Crippen LogP contribution is 2.34. The molecule has 0 amide bonds. The number of carboxylic acid groups (broad SMARTS) is 1. The lowest BCUT2D eigenvalue weighted by Gasteiger charge is -2.25. The molecule has 1 atom stereocenters. The van der Waals surface area contributed by atoms with Gasteiger partial charge in [0, 0.05) is 23.5 Å². The Balaban J connectivity index is 2.28. The van der Waals surface area contributed by atoms with E-state index in [1.54, 1.807) is 0 Å². The summed E-state index contributed by atoms with van der Waals surface area (Å²) in [6.45, 7) is 2.41. The van der Waals surface area contributed by atoms with Crippen LogP contribution in [0.2, 0.25) is 0 Å². The summed E-state index contributed by atoms with van der Waals surface area (Å²) in [5.41, 5.74) is 0.816. The summed E-state index contributed by atoms with van der Waals surface area (Å²) in [5.74, 6) is -0.537. The Hall–Kier alpha value is -2.07. The van der Waals surface area contributed by atoms with Gasteiger partial charge < -0.3 is 10.2 Å². The molecule has 0 radical (unpaired) electrons. The first-order valence-corrected chi connectivity index (χ1v) is 6.63. The molecule has 0 aliphatic carbocycles. The van der Waals surface area contributed by atoms with Crippen LogP contribution in [0.4, 0.5) is 0 Å². The van der Waals surface area contributed by atoms with Crippen LogP contribution < -0.4 is 0 Å². The van der Waals surface area contributed by atoms with Gasteiger partial charge in [0.2, 0.25) is 0 Å². The monoisotopic (exact) mass is 273 g/mol. The predicted molar refractivity (Wildman–Crippen MR) is 78.9 cm³/mol. The molecule has 0 aromatic heterocycles. The van der Waals surface area contributed by atoms with Crippen molar-refractivity contribution in [3.8, 4) is 5.75 Å². The lowest BCUT2D eigenvalue weighted by Crippen LogP contribution is -2.25. The van der Waals surface area contributed by atoms with Crippen molar-refractivity contribution < 1.29 is 15.0 Å². The fourth-order valence-electron chi connectivity index (χ4n) is 2.31. The zero-order valence-corrected chi connectivity index (χ0v) is 11.7. The number of aliphatic carboxylic acids is 1. The number of aromatic hydroxyl groups is 1. The Morgan fingerprint density at radius 3 is 2.65 bits per heavy atom. The molecule has 106 valence electrons. The van der Waals surface area contributed by atoms with Crippen LogP contribution in [0.25, 0.3) is 10.8 Å². The van der Waals surface area contributed by atoms with Gasteiger partial charge >= 0.3 is 5.97 Å². The Kier molecular flexibility index (Phi) is 4.25. The van der Waals surface area contributed by atoms with E-state index in [-0.39, 0.29) is 18.2 Å². The lowest BCUT2D eigenvalue weighted by molar-refractivity contribution is -0.137. The van der Waals surface area contributed by atoms with Gasteiger partial charge in [-0.15, -0.1) is 0 Å². The number of carbonyl (C=O) groups is 1. The summed E-state index contributed by atoms with van der Waals surface area (Å²) < 4.78 is 0. The molecule has 0 aliphatic heterocycles. The summed E-state index contributed by atoms with van der Waals surface area (Å²) in [5, 5.41) is 21.0. The number of fused-ring (bicyclic) bond motifs is 1. The van der Waals surface area contributed by atoms with Gasteiger partial charge in [-0.3, -0.25) is 9.69 Å². The van der Waals surface area contributed by atoms with Crippen LogP contribution in [0, 0.1) is 0 Å². The van der Waals surface area contributed by atoms with Crippen molar-refractivity contribution in [1.82, 2.24) is 4.90 Å². The maximum absolute atomic E-state index is 10.6. The number of hydrogen-bond acceptors (Lipinski definition) is 3. The smallest absolute Gasteiger partial charge is 0.304 e. The molecule has 2 N–H and O–H groups in total. The summed E-state index contributed by atoms with van der Waals surface area (Å²) in [7, 11) is 1.86. The van der Waals surface area contributed by atoms with Crippen molar-refractivity contribution in [1.29, 1.82) is 0 Å². The van der Waals surface area contributed by atoms with Crippen LogP contribution in [0.15, 0.2) is 36.4 Å². The summed E-state index contributed by atoms with van der Waals surface area (Å²) in [4.78, 5) is 12.6. The minimum atomic E-state index is -0.813. The third-order valence-electron chi connectivity index (χ3n) is 3.72. The molecule has 0 saturated heterocycles. The summed E-state index contributed by atoms with van der Waals surface area (Å²) in [6.07, 6.45) is 0.0924. The summed E-state index contributed by atoms with van der Waals surface area (Å²) >= 11 is 0. The van der Waals surface area contributed by atoms with E-state index in [9.17, 15) is 9.90 Å². The Bertz CT molecular complexity index is 624. The molecule has 0 spiro atoms. The highest BCUT2D eigenvalue weighted by Gasteiger charge is 2.17. The summed E-state index contributed by atoms with van der Waals surface area (Å²) in [6, 6.07) is 11.5. The van der Waals surface area contributed by atoms with Gasteiger partial charge in [-0.2, -0.15) is 0 Å². The van der Waals surface area contributed by atoms with Crippen LogP contribution in [0.5, 0.6) is 5.75 Å². The van der Waals surface area contributed by atoms with Crippen molar-refractivity contribution in [2.45, 2.75) is 19.4 Å². The van der Waals surface area contributed by atoms with E-state index in [0.29, 0.717) is 6.54 Å². The van der Waals surface area contributed by atoms with Gasteiger partial charge in [0.05, 0.1) is 6.42 Å². The second kappa shape index (κ2) is 5.92. The molecular formula is C16H19NO3. The van der Waals surface area contributed by atoms with Gasteiger partial charge in [-0.25, -0.2) is 0 Å². The average Bonchev–Trinajstić information content (AvgIpc) is 2.44. The van der Waals surface area contributed by atoms with Gasteiger partial charge in [0.1, 0.15) is 5.75 Å². The normalized spacial score (nSPS) is 12.8. The van der Waals surface area contributed by atoms with Crippen LogP contribution in [-0.4, -0.2) is 34.7 Å². The standard InChI is InChI=1S/C16H19NO3/c1-11(17(2)10-9-15(18)19)13-8-7-12-5-3-4-6-14(12)16(13)20/h3-8,11,20H,9-10H2,1-2H3,(H,18,19). The fraction of sp³-hybridized carbons (Fsp3) is 0.312. The van der Waals surface area contributed by atoms with E-state index in [2.05, 4.69) is 0 Å². The number of carboxylic acids is 1. The van der Waals surface area contributed by atoms with Crippen molar-refractivity contribution in [2.24, 2.45) is 0 Å². The number of benzene rings is 2. The van der Waals surface area contributed by atoms with Gasteiger partial charge in [-0.05, 0) is 19.4 Å². The average molecular weight is 273 g/mol. The van der Waals surface area contributed by atoms with E-state index in [1.807, 2.05) is 55.3 Å². The second-order valence-corrected chi connectivity index (χ2v) is 5.02. The number of phenolic OH excluding ortho intramolecular Hbond substituents is 1. The molecular weight excluding hydrogens is 254 g/mol. The largest absolute Gasteiger partial charge is 0.507 e. The molecule has 2 rings (SSSR count). The van der Waals surface area contributed by atoms with Gasteiger partial charge in [0.15, 0.2) is 0 Å². The third kappa shape index (κ3) is 2.91. The molecule has 4 heteroatoms. The maximum Gasteiger partial charge on any atom is 0.304 e. The van der Waals surface area contributed by atoms with Crippen molar-refractivity contribution >= 4 is 16.7 Å². The zero-order chi connectivity index (χ0) is 14.7. The topological polar surface area (TPSA) is 60.8 Å². The molecule has 0 fully saturated rings. The molecule has 20 heavy (non-hydrogen) atoms. The fourth-order valence-corrected chi connectivity index (χ4v) is 2.31. The Labute approximate surface area is 118 Å². The van der Waals surface area contributed by atoms with E-state index in [0.717, 1.165) is 16.3 Å². The van der Waals surface area contributed by atoms with Crippen molar-refractivity contribution in [3.05, 3.63) is 42.0 Å². The molecule has 4 nitrogen and oxygen atoms in total. The minimum absolute atomic E-state index is 0.0426. The molecule has 0 bridgehead atoms.